The molecular weight excluding hydrogens is 270 g/mol. The largest absolute Gasteiger partial charge is 0.268 e. The average molecular weight is 276 g/mol. The van der Waals surface area contributed by atoms with Crippen molar-refractivity contribution in [2.45, 2.75) is 0 Å². The van der Waals surface area contributed by atoms with Gasteiger partial charge in [0.1, 0.15) is 5.82 Å². The maximum absolute atomic E-state index is 13.1. The van der Waals surface area contributed by atoms with Crippen LogP contribution >= 0.6 is 22.6 Å². The predicted octanol–water partition coefficient (Wildman–Crippen LogP) is 2.32. The summed E-state index contributed by atoms with van der Waals surface area (Å²) in [5, 5.41) is 5.00. The van der Waals surface area contributed by atoms with Crippen LogP contribution in [0, 0.1) is 9.39 Å². The van der Waals surface area contributed by atoms with Crippen LogP contribution in [0.5, 0.6) is 0 Å². The summed E-state index contributed by atoms with van der Waals surface area (Å²) in [6.45, 7) is 0. The van der Waals surface area contributed by atoms with Gasteiger partial charge in [0.25, 0.3) is 0 Å². The number of benzene rings is 1. The van der Waals surface area contributed by atoms with Gasteiger partial charge in [0.05, 0.1) is 11.7 Å². The lowest BCUT2D eigenvalue weighted by Crippen LogP contribution is -1.90. The molecule has 0 spiro atoms. The highest BCUT2D eigenvalue weighted by Crippen LogP contribution is 2.19. The van der Waals surface area contributed by atoms with Gasteiger partial charge in [-0.3, -0.25) is 4.68 Å². The first-order valence-electron chi connectivity index (χ1n) is 3.45. The first-order chi connectivity index (χ1) is 5.68. The number of hydrogen-bond acceptors (Lipinski definition) is 1. The molecule has 2 aromatic rings. The summed E-state index contributed by atoms with van der Waals surface area (Å²) in [4.78, 5) is 0. The fraction of sp³-hybridized carbons (Fsp3) is 0.125. The molecule has 2 nitrogen and oxygen atoms in total. The Morgan fingerprint density at radius 2 is 2.25 bits per heavy atom. The molecule has 0 aliphatic carbocycles. The van der Waals surface area contributed by atoms with E-state index in [0.717, 1.165) is 10.9 Å². The quantitative estimate of drug-likeness (QED) is 0.675. The first kappa shape index (κ1) is 7.97. The van der Waals surface area contributed by atoms with Crippen LogP contribution in [-0.4, -0.2) is 9.78 Å². The molecule has 0 radical (unpaired) electrons. The van der Waals surface area contributed by atoms with Crippen LogP contribution in [0.2, 0.25) is 0 Å². The number of aryl methyl sites for hydroxylation is 1. The molecule has 12 heavy (non-hydrogen) atoms. The topological polar surface area (TPSA) is 17.8 Å². The SMILES string of the molecule is Cn1ncc2cc(I)c(F)cc21. The van der Waals surface area contributed by atoms with E-state index in [9.17, 15) is 4.39 Å². The molecular formula is C8H6FIN2. The minimum atomic E-state index is -0.188. The Balaban J connectivity index is 2.87. The minimum absolute atomic E-state index is 0.188. The van der Waals surface area contributed by atoms with Crippen LogP contribution in [0.25, 0.3) is 10.9 Å². The van der Waals surface area contributed by atoms with Crippen LogP contribution in [0.15, 0.2) is 18.3 Å². The van der Waals surface area contributed by atoms with Crippen molar-refractivity contribution in [1.29, 1.82) is 0 Å². The molecule has 0 aliphatic heterocycles. The molecule has 0 aliphatic rings. The van der Waals surface area contributed by atoms with Crippen LogP contribution < -0.4 is 0 Å². The van der Waals surface area contributed by atoms with E-state index in [2.05, 4.69) is 5.10 Å². The molecule has 4 heteroatoms. The van der Waals surface area contributed by atoms with Gasteiger partial charge in [0.15, 0.2) is 0 Å². The Kier molecular flexibility index (Phi) is 1.79. The number of halogens is 2. The monoisotopic (exact) mass is 276 g/mol. The van der Waals surface area contributed by atoms with Gasteiger partial charge in [-0.15, -0.1) is 0 Å². The summed E-state index contributed by atoms with van der Waals surface area (Å²) in [7, 11) is 1.80. The predicted molar refractivity (Wildman–Crippen MR) is 53.4 cm³/mol. The standard InChI is InChI=1S/C8H6FIN2/c1-12-8-3-6(9)7(10)2-5(8)4-11-12/h2-4H,1H3. The first-order valence-corrected chi connectivity index (χ1v) is 4.53. The molecule has 0 saturated heterocycles. The highest BCUT2D eigenvalue weighted by Gasteiger charge is 2.04. The van der Waals surface area contributed by atoms with Gasteiger partial charge >= 0.3 is 0 Å². The number of hydrogen-bond donors (Lipinski definition) is 0. The van der Waals surface area contributed by atoms with Crippen LogP contribution in [-0.2, 0) is 7.05 Å². The molecule has 0 amide bonds. The zero-order chi connectivity index (χ0) is 8.72. The van der Waals surface area contributed by atoms with Crippen LogP contribution in [0.1, 0.15) is 0 Å². The average Bonchev–Trinajstić information content (AvgIpc) is 2.35. The minimum Gasteiger partial charge on any atom is -0.268 e. The molecule has 1 aromatic heterocycles. The third-order valence-electron chi connectivity index (χ3n) is 1.79. The van der Waals surface area contributed by atoms with E-state index in [1.54, 1.807) is 24.0 Å². The lowest BCUT2D eigenvalue weighted by Gasteiger charge is -1.96. The molecule has 0 atom stereocenters. The summed E-state index contributed by atoms with van der Waals surface area (Å²) in [6, 6.07) is 3.29. The Hall–Kier alpha value is -0.650. The van der Waals surface area contributed by atoms with Gasteiger partial charge in [-0.25, -0.2) is 4.39 Å². The molecule has 0 fully saturated rings. The van der Waals surface area contributed by atoms with Crippen molar-refractivity contribution < 1.29 is 4.39 Å². The van der Waals surface area contributed by atoms with Crippen molar-refractivity contribution in [2.75, 3.05) is 0 Å². The van der Waals surface area contributed by atoms with Gasteiger partial charge in [-0.1, -0.05) is 0 Å². The van der Waals surface area contributed by atoms with E-state index in [1.807, 2.05) is 22.6 Å². The van der Waals surface area contributed by atoms with E-state index in [1.165, 1.54) is 6.07 Å². The highest BCUT2D eigenvalue weighted by molar-refractivity contribution is 14.1. The van der Waals surface area contributed by atoms with Crippen molar-refractivity contribution in [2.24, 2.45) is 7.05 Å². The number of rotatable bonds is 0. The summed E-state index contributed by atoms with van der Waals surface area (Å²) in [5.74, 6) is -0.188. The van der Waals surface area contributed by atoms with E-state index in [-0.39, 0.29) is 5.82 Å². The molecule has 2 rings (SSSR count). The second kappa shape index (κ2) is 2.69. The van der Waals surface area contributed by atoms with Gasteiger partial charge < -0.3 is 0 Å². The highest BCUT2D eigenvalue weighted by atomic mass is 127. The Morgan fingerprint density at radius 1 is 1.50 bits per heavy atom. The molecule has 0 N–H and O–H groups in total. The second-order valence-corrected chi connectivity index (χ2v) is 3.76. The normalized spacial score (nSPS) is 10.9. The Labute approximate surface area is 82.5 Å². The summed E-state index contributed by atoms with van der Waals surface area (Å²) in [5.41, 5.74) is 0.827. The second-order valence-electron chi connectivity index (χ2n) is 2.59. The molecule has 0 saturated carbocycles. The van der Waals surface area contributed by atoms with Gasteiger partial charge in [-0.05, 0) is 28.7 Å². The number of aromatic nitrogens is 2. The molecule has 0 bridgehead atoms. The van der Waals surface area contributed by atoms with Crippen molar-refractivity contribution in [3.8, 4) is 0 Å². The van der Waals surface area contributed by atoms with Crippen LogP contribution in [0.4, 0.5) is 4.39 Å². The molecule has 0 unspecified atom stereocenters. The van der Waals surface area contributed by atoms with Crippen molar-refractivity contribution >= 4 is 33.5 Å². The third kappa shape index (κ3) is 1.10. The van der Waals surface area contributed by atoms with Crippen LogP contribution in [0.3, 0.4) is 0 Å². The van der Waals surface area contributed by atoms with Crippen molar-refractivity contribution in [3.63, 3.8) is 0 Å². The lowest BCUT2D eigenvalue weighted by atomic mass is 10.2. The van der Waals surface area contributed by atoms with E-state index in [4.69, 9.17) is 0 Å². The van der Waals surface area contributed by atoms with Gasteiger partial charge in [-0.2, -0.15) is 5.10 Å². The van der Waals surface area contributed by atoms with Crippen molar-refractivity contribution in [3.05, 3.63) is 27.7 Å². The summed E-state index contributed by atoms with van der Waals surface area (Å²) < 4.78 is 15.4. The zero-order valence-corrected chi connectivity index (χ0v) is 8.54. The van der Waals surface area contributed by atoms with E-state index >= 15 is 0 Å². The Bertz CT molecular complexity index is 436. The van der Waals surface area contributed by atoms with Gasteiger partial charge in [0.2, 0.25) is 0 Å². The van der Waals surface area contributed by atoms with E-state index < -0.39 is 0 Å². The summed E-state index contributed by atoms with van der Waals surface area (Å²) in [6.07, 6.45) is 1.73. The maximum Gasteiger partial charge on any atom is 0.138 e. The zero-order valence-electron chi connectivity index (χ0n) is 6.38. The third-order valence-corrected chi connectivity index (χ3v) is 2.61. The maximum atomic E-state index is 13.1. The summed E-state index contributed by atoms with van der Waals surface area (Å²) >= 11 is 1.97. The van der Waals surface area contributed by atoms with E-state index in [0.29, 0.717) is 3.57 Å². The fourth-order valence-electron chi connectivity index (χ4n) is 1.15. The molecule has 62 valence electrons. The molecule has 1 aromatic carbocycles. The molecule has 1 heterocycles. The fourth-order valence-corrected chi connectivity index (χ4v) is 1.64. The van der Waals surface area contributed by atoms with Crippen molar-refractivity contribution in [1.82, 2.24) is 9.78 Å². The Morgan fingerprint density at radius 3 is 3.00 bits per heavy atom. The number of nitrogens with zero attached hydrogens (tertiary/aromatic N) is 2. The smallest absolute Gasteiger partial charge is 0.138 e. The lowest BCUT2D eigenvalue weighted by molar-refractivity contribution is 0.621. The number of fused-ring (bicyclic) bond motifs is 1. The van der Waals surface area contributed by atoms with Gasteiger partial charge in [0, 0.05) is 22.1 Å².